The van der Waals surface area contributed by atoms with Crippen LogP contribution in [0.15, 0.2) is 34.9 Å². The Hall–Kier alpha value is -0.840. The third kappa shape index (κ3) is 2.39. The standard InChI is InChI=1S/C12H13BrClN3/c1-15-11(8-5-3-4-6-10(8)14)12-9(13)7-16-17(12)2/h3-7,11,15H,1-2H3. The first-order chi connectivity index (χ1) is 8.15. The van der Waals surface area contributed by atoms with Crippen molar-refractivity contribution in [3.05, 3.63) is 51.2 Å². The molecule has 0 aliphatic carbocycles. The fourth-order valence-corrected chi connectivity index (χ4v) is 2.72. The van der Waals surface area contributed by atoms with Crippen molar-refractivity contribution in [1.29, 1.82) is 0 Å². The van der Waals surface area contributed by atoms with Crippen LogP contribution in [0.5, 0.6) is 0 Å². The van der Waals surface area contributed by atoms with Crippen molar-refractivity contribution < 1.29 is 0 Å². The van der Waals surface area contributed by atoms with E-state index >= 15 is 0 Å². The highest BCUT2D eigenvalue weighted by Gasteiger charge is 2.20. The van der Waals surface area contributed by atoms with Crippen LogP contribution in [-0.2, 0) is 7.05 Å². The second-order valence-electron chi connectivity index (χ2n) is 3.74. The first kappa shape index (κ1) is 12.6. The summed E-state index contributed by atoms with van der Waals surface area (Å²) in [5.41, 5.74) is 2.10. The second kappa shape index (κ2) is 5.21. The van der Waals surface area contributed by atoms with E-state index in [1.807, 2.05) is 43.0 Å². The molecule has 2 aromatic rings. The summed E-state index contributed by atoms with van der Waals surface area (Å²) in [7, 11) is 3.83. The minimum atomic E-state index is 0.0191. The Morgan fingerprint density at radius 2 is 2.12 bits per heavy atom. The van der Waals surface area contributed by atoms with Gasteiger partial charge in [0, 0.05) is 12.1 Å². The average molecular weight is 315 g/mol. The first-order valence-corrected chi connectivity index (χ1v) is 6.41. The average Bonchev–Trinajstić information content (AvgIpc) is 2.64. The van der Waals surface area contributed by atoms with E-state index in [1.54, 1.807) is 6.20 Å². The number of nitrogens with zero attached hydrogens (tertiary/aromatic N) is 2. The van der Waals surface area contributed by atoms with Gasteiger partial charge in [-0.25, -0.2) is 0 Å². The molecule has 0 fully saturated rings. The smallest absolute Gasteiger partial charge is 0.0771 e. The van der Waals surface area contributed by atoms with Crippen molar-refractivity contribution in [3.8, 4) is 0 Å². The van der Waals surface area contributed by atoms with Crippen molar-refractivity contribution in [3.63, 3.8) is 0 Å². The van der Waals surface area contributed by atoms with Gasteiger partial charge in [0.2, 0.25) is 0 Å². The third-order valence-corrected chi connectivity index (χ3v) is 3.67. The molecule has 0 radical (unpaired) electrons. The second-order valence-corrected chi connectivity index (χ2v) is 5.01. The summed E-state index contributed by atoms with van der Waals surface area (Å²) in [6, 6.07) is 7.84. The Morgan fingerprint density at radius 1 is 1.41 bits per heavy atom. The molecule has 5 heteroatoms. The Labute approximate surface area is 114 Å². The van der Waals surface area contributed by atoms with Gasteiger partial charge in [0.1, 0.15) is 0 Å². The van der Waals surface area contributed by atoms with E-state index in [-0.39, 0.29) is 6.04 Å². The van der Waals surface area contributed by atoms with Crippen LogP contribution in [0.3, 0.4) is 0 Å². The molecule has 1 atom stereocenters. The van der Waals surface area contributed by atoms with Crippen molar-refractivity contribution in [2.45, 2.75) is 6.04 Å². The van der Waals surface area contributed by atoms with Crippen molar-refractivity contribution in [2.75, 3.05) is 7.05 Å². The molecule has 1 heterocycles. The molecule has 0 saturated carbocycles. The summed E-state index contributed by atoms with van der Waals surface area (Å²) in [4.78, 5) is 0. The zero-order chi connectivity index (χ0) is 12.4. The Morgan fingerprint density at radius 3 is 2.65 bits per heavy atom. The molecule has 1 N–H and O–H groups in total. The number of aryl methyl sites for hydroxylation is 1. The Balaban J connectivity index is 2.52. The molecule has 90 valence electrons. The predicted octanol–water partition coefficient (Wildman–Crippen LogP) is 3.14. The maximum absolute atomic E-state index is 6.23. The van der Waals surface area contributed by atoms with Crippen LogP contribution in [0.2, 0.25) is 5.02 Å². The Kier molecular flexibility index (Phi) is 3.86. The van der Waals surface area contributed by atoms with Crippen LogP contribution >= 0.6 is 27.5 Å². The van der Waals surface area contributed by atoms with Gasteiger partial charge in [-0.05, 0) is 34.6 Å². The van der Waals surface area contributed by atoms with Gasteiger partial charge in [-0.2, -0.15) is 5.10 Å². The van der Waals surface area contributed by atoms with Gasteiger partial charge in [-0.1, -0.05) is 29.8 Å². The molecule has 0 saturated heterocycles. The minimum Gasteiger partial charge on any atom is -0.308 e. The molecular weight excluding hydrogens is 302 g/mol. The summed E-state index contributed by atoms with van der Waals surface area (Å²) in [6.07, 6.45) is 1.79. The largest absolute Gasteiger partial charge is 0.308 e. The number of benzene rings is 1. The lowest BCUT2D eigenvalue weighted by Gasteiger charge is -2.19. The van der Waals surface area contributed by atoms with Crippen LogP contribution in [0.1, 0.15) is 17.3 Å². The molecule has 17 heavy (non-hydrogen) atoms. The van der Waals surface area contributed by atoms with Gasteiger partial charge in [0.05, 0.1) is 22.4 Å². The maximum atomic E-state index is 6.23. The lowest BCUT2D eigenvalue weighted by molar-refractivity contribution is 0.604. The molecule has 0 spiro atoms. The van der Waals surface area contributed by atoms with Crippen molar-refractivity contribution in [2.24, 2.45) is 7.05 Å². The van der Waals surface area contributed by atoms with Gasteiger partial charge in [0.25, 0.3) is 0 Å². The van der Waals surface area contributed by atoms with Gasteiger partial charge in [0.15, 0.2) is 0 Å². The van der Waals surface area contributed by atoms with E-state index < -0.39 is 0 Å². The SMILES string of the molecule is CNC(c1ccccc1Cl)c1c(Br)cnn1C. The lowest BCUT2D eigenvalue weighted by atomic mass is 10.0. The van der Waals surface area contributed by atoms with Crippen LogP contribution in [0, 0.1) is 0 Å². The fraction of sp³-hybridized carbons (Fsp3) is 0.250. The van der Waals surface area contributed by atoms with E-state index in [0.29, 0.717) is 0 Å². The van der Waals surface area contributed by atoms with Crippen molar-refractivity contribution in [1.82, 2.24) is 15.1 Å². The van der Waals surface area contributed by atoms with Crippen LogP contribution in [0.4, 0.5) is 0 Å². The highest BCUT2D eigenvalue weighted by atomic mass is 79.9. The number of rotatable bonds is 3. The summed E-state index contributed by atoms with van der Waals surface area (Å²) in [5.74, 6) is 0. The number of hydrogen-bond donors (Lipinski definition) is 1. The van der Waals surface area contributed by atoms with Crippen LogP contribution in [-0.4, -0.2) is 16.8 Å². The summed E-state index contributed by atoms with van der Waals surface area (Å²) < 4.78 is 2.81. The van der Waals surface area contributed by atoms with Crippen LogP contribution in [0.25, 0.3) is 0 Å². The van der Waals surface area contributed by atoms with Crippen LogP contribution < -0.4 is 5.32 Å². The summed E-state index contributed by atoms with van der Waals surface area (Å²) in [6.45, 7) is 0. The van der Waals surface area contributed by atoms with Gasteiger partial charge >= 0.3 is 0 Å². The fourth-order valence-electron chi connectivity index (χ4n) is 1.89. The zero-order valence-electron chi connectivity index (χ0n) is 9.61. The number of hydrogen-bond acceptors (Lipinski definition) is 2. The van der Waals surface area contributed by atoms with E-state index in [9.17, 15) is 0 Å². The summed E-state index contributed by atoms with van der Waals surface area (Å²) >= 11 is 9.75. The molecule has 1 aromatic carbocycles. The molecule has 2 rings (SSSR count). The lowest BCUT2D eigenvalue weighted by Crippen LogP contribution is -2.21. The van der Waals surface area contributed by atoms with Gasteiger partial charge in [-0.15, -0.1) is 0 Å². The third-order valence-electron chi connectivity index (χ3n) is 2.72. The number of nitrogens with one attached hydrogen (secondary N) is 1. The molecule has 0 bridgehead atoms. The highest BCUT2D eigenvalue weighted by Crippen LogP contribution is 2.31. The van der Waals surface area contributed by atoms with Gasteiger partial charge < -0.3 is 5.32 Å². The molecule has 1 aromatic heterocycles. The zero-order valence-corrected chi connectivity index (χ0v) is 12.0. The number of aromatic nitrogens is 2. The molecule has 0 aliphatic rings. The topological polar surface area (TPSA) is 29.9 Å². The van der Waals surface area contributed by atoms with E-state index in [2.05, 4.69) is 26.3 Å². The van der Waals surface area contributed by atoms with E-state index in [0.717, 1.165) is 20.8 Å². The van der Waals surface area contributed by atoms with Gasteiger partial charge in [-0.3, -0.25) is 4.68 Å². The molecule has 0 amide bonds. The Bertz CT molecular complexity index is 505. The minimum absolute atomic E-state index is 0.0191. The monoisotopic (exact) mass is 313 g/mol. The highest BCUT2D eigenvalue weighted by molar-refractivity contribution is 9.10. The van der Waals surface area contributed by atoms with Crippen molar-refractivity contribution >= 4 is 27.5 Å². The van der Waals surface area contributed by atoms with E-state index in [4.69, 9.17) is 11.6 Å². The molecular formula is C12H13BrClN3. The summed E-state index contributed by atoms with van der Waals surface area (Å²) in [5, 5.41) is 8.24. The maximum Gasteiger partial charge on any atom is 0.0771 e. The first-order valence-electron chi connectivity index (χ1n) is 5.24. The number of halogens is 2. The molecule has 0 aliphatic heterocycles. The van der Waals surface area contributed by atoms with E-state index in [1.165, 1.54) is 0 Å². The quantitative estimate of drug-likeness (QED) is 0.943. The predicted molar refractivity (Wildman–Crippen MR) is 73.3 cm³/mol. The molecule has 3 nitrogen and oxygen atoms in total. The molecule has 1 unspecified atom stereocenters. The normalized spacial score (nSPS) is 12.7.